The van der Waals surface area contributed by atoms with Gasteiger partial charge in [-0.2, -0.15) is 0 Å². The van der Waals surface area contributed by atoms with E-state index in [-0.39, 0.29) is 0 Å². The third kappa shape index (κ3) is 1.76. The van der Waals surface area contributed by atoms with Crippen LogP contribution in [-0.2, 0) is 0 Å². The highest BCUT2D eigenvalue weighted by atomic mass is 32.1. The van der Waals surface area contributed by atoms with Crippen LogP contribution in [0.4, 0.5) is 0 Å². The lowest BCUT2D eigenvalue weighted by Crippen LogP contribution is -2.19. The summed E-state index contributed by atoms with van der Waals surface area (Å²) in [5.74, 6) is 0.784. The standard InChI is InChI=1S/C8H12N2OS/c1-6-10-8(5-12-6)11-7-2-3-9-4-7/h5,7,9H,2-4H2,1H3. The summed E-state index contributed by atoms with van der Waals surface area (Å²) < 4.78 is 5.63. The van der Waals surface area contributed by atoms with Gasteiger partial charge in [-0.15, -0.1) is 11.3 Å². The Labute approximate surface area is 75.8 Å². The second-order valence-corrected chi connectivity index (χ2v) is 4.00. The van der Waals surface area contributed by atoms with Gasteiger partial charge in [-0.3, -0.25) is 0 Å². The van der Waals surface area contributed by atoms with Crippen LogP contribution in [0.3, 0.4) is 0 Å². The van der Waals surface area contributed by atoms with Crippen LogP contribution in [0.1, 0.15) is 11.4 Å². The molecule has 66 valence electrons. The fourth-order valence-electron chi connectivity index (χ4n) is 1.30. The van der Waals surface area contributed by atoms with E-state index in [0.717, 1.165) is 30.4 Å². The van der Waals surface area contributed by atoms with Crippen LogP contribution in [0.5, 0.6) is 5.88 Å². The van der Waals surface area contributed by atoms with Gasteiger partial charge in [0.15, 0.2) is 0 Å². The Morgan fingerprint density at radius 2 is 2.67 bits per heavy atom. The molecule has 1 aromatic rings. The van der Waals surface area contributed by atoms with Gasteiger partial charge in [0.2, 0.25) is 5.88 Å². The summed E-state index contributed by atoms with van der Waals surface area (Å²) in [7, 11) is 0. The predicted octanol–water partition coefficient (Wildman–Crippen LogP) is 1.19. The molecule has 0 saturated carbocycles. The van der Waals surface area contributed by atoms with Gasteiger partial charge in [0, 0.05) is 6.54 Å². The maximum atomic E-state index is 5.63. The topological polar surface area (TPSA) is 34.1 Å². The maximum absolute atomic E-state index is 5.63. The van der Waals surface area contributed by atoms with Gasteiger partial charge >= 0.3 is 0 Å². The van der Waals surface area contributed by atoms with Crippen molar-refractivity contribution in [2.24, 2.45) is 0 Å². The minimum Gasteiger partial charge on any atom is -0.472 e. The molecule has 0 aromatic carbocycles. The number of aryl methyl sites for hydroxylation is 1. The number of ether oxygens (including phenoxy) is 1. The quantitative estimate of drug-likeness (QED) is 0.749. The second kappa shape index (κ2) is 3.41. The zero-order valence-electron chi connectivity index (χ0n) is 7.04. The Morgan fingerprint density at radius 1 is 1.75 bits per heavy atom. The Kier molecular flexibility index (Phi) is 2.28. The summed E-state index contributed by atoms with van der Waals surface area (Å²) in [6.45, 7) is 4.01. The molecule has 0 amide bonds. The highest BCUT2D eigenvalue weighted by molar-refractivity contribution is 7.09. The fourth-order valence-corrected chi connectivity index (χ4v) is 1.82. The van der Waals surface area contributed by atoms with Crippen LogP contribution in [0.25, 0.3) is 0 Å². The second-order valence-electron chi connectivity index (χ2n) is 2.94. The number of thiazole rings is 1. The van der Waals surface area contributed by atoms with Gasteiger partial charge in [-0.05, 0) is 19.9 Å². The number of aromatic nitrogens is 1. The zero-order chi connectivity index (χ0) is 8.39. The summed E-state index contributed by atoms with van der Waals surface area (Å²) >= 11 is 1.63. The van der Waals surface area contributed by atoms with Crippen molar-refractivity contribution in [2.75, 3.05) is 13.1 Å². The summed E-state index contributed by atoms with van der Waals surface area (Å²) in [4.78, 5) is 4.24. The number of rotatable bonds is 2. The smallest absolute Gasteiger partial charge is 0.224 e. The third-order valence-electron chi connectivity index (χ3n) is 1.90. The molecule has 1 atom stereocenters. The first-order chi connectivity index (χ1) is 5.84. The molecular weight excluding hydrogens is 172 g/mol. The van der Waals surface area contributed by atoms with E-state index in [4.69, 9.17) is 4.74 Å². The summed E-state index contributed by atoms with van der Waals surface area (Å²) in [5, 5.41) is 6.28. The van der Waals surface area contributed by atoms with Gasteiger partial charge in [0.1, 0.15) is 6.10 Å². The summed E-state index contributed by atoms with van der Waals surface area (Å²) in [6, 6.07) is 0. The SMILES string of the molecule is Cc1nc(OC2CCNC2)cs1. The molecule has 1 saturated heterocycles. The Morgan fingerprint density at radius 3 is 3.25 bits per heavy atom. The van der Waals surface area contributed by atoms with E-state index < -0.39 is 0 Å². The molecule has 0 bridgehead atoms. The summed E-state index contributed by atoms with van der Waals surface area (Å²) in [6.07, 6.45) is 1.42. The largest absolute Gasteiger partial charge is 0.472 e. The normalized spacial score (nSPS) is 22.9. The third-order valence-corrected chi connectivity index (χ3v) is 2.65. The van der Waals surface area contributed by atoms with Crippen LogP contribution in [0.2, 0.25) is 0 Å². The molecule has 0 aliphatic carbocycles. The van der Waals surface area contributed by atoms with E-state index in [1.165, 1.54) is 0 Å². The first-order valence-electron chi connectivity index (χ1n) is 4.14. The van der Waals surface area contributed by atoms with Gasteiger partial charge in [-0.1, -0.05) is 0 Å². The van der Waals surface area contributed by atoms with E-state index >= 15 is 0 Å². The number of nitrogens with zero attached hydrogens (tertiary/aromatic N) is 1. The van der Waals surface area contributed by atoms with Gasteiger partial charge in [-0.25, -0.2) is 4.98 Å². The number of hydrogen-bond donors (Lipinski definition) is 1. The molecule has 2 heterocycles. The van der Waals surface area contributed by atoms with Crippen molar-refractivity contribution >= 4 is 11.3 Å². The van der Waals surface area contributed by atoms with Gasteiger partial charge in [0.05, 0.1) is 10.4 Å². The van der Waals surface area contributed by atoms with Crippen molar-refractivity contribution < 1.29 is 4.74 Å². The minimum atomic E-state index is 0.325. The zero-order valence-corrected chi connectivity index (χ0v) is 7.86. The Bertz CT molecular complexity index is 255. The molecule has 2 rings (SSSR count). The average Bonchev–Trinajstić information content (AvgIpc) is 2.63. The molecule has 1 aliphatic rings. The van der Waals surface area contributed by atoms with E-state index in [9.17, 15) is 0 Å². The lowest BCUT2D eigenvalue weighted by atomic mass is 10.3. The molecule has 0 radical (unpaired) electrons. The van der Waals surface area contributed by atoms with Crippen LogP contribution in [0.15, 0.2) is 5.38 Å². The van der Waals surface area contributed by atoms with E-state index in [1.54, 1.807) is 11.3 Å². The molecule has 4 heteroatoms. The van der Waals surface area contributed by atoms with Crippen LogP contribution in [-0.4, -0.2) is 24.2 Å². The fraction of sp³-hybridized carbons (Fsp3) is 0.625. The Balaban J connectivity index is 1.94. The summed E-state index contributed by atoms with van der Waals surface area (Å²) in [5.41, 5.74) is 0. The van der Waals surface area contributed by atoms with E-state index in [1.807, 2.05) is 12.3 Å². The van der Waals surface area contributed by atoms with Crippen LogP contribution >= 0.6 is 11.3 Å². The van der Waals surface area contributed by atoms with Crippen molar-refractivity contribution in [3.05, 3.63) is 10.4 Å². The van der Waals surface area contributed by atoms with Gasteiger partial charge < -0.3 is 10.1 Å². The molecule has 1 N–H and O–H groups in total. The lowest BCUT2D eigenvalue weighted by molar-refractivity contribution is 0.215. The molecule has 1 unspecified atom stereocenters. The maximum Gasteiger partial charge on any atom is 0.224 e. The average molecular weight is 184 g/mol. The van der Waals surface area contributed by atoms with Crippen molar-refractivity contribution in [1.82, 2.24) is 10.3 Å². The Hall–Kier alpha value is -0.610. The van der Waals surface area contributed by atoms with E-state index in [0.29, 0.717) is 6.10 Å². The molecule has 1 aliphatic heterocycles. The number of hydrogen-bond acceptors (Lipinski definition) is 4. The molecular formula is C8H12N2OS. The van der Waals surface area contributed by atoms with E-state index in [2.05, 4.69) is 10.3 Å². The first kappa shape index (κ1) is 8.01. The van der Waals surface area contributed by atoms with Crippen molar-refractivity contribution in [3.8, 4) is 5.88 Å². The molecule has 0 spiro atoms. The van der Waals surface area contributed by atoms with Crippen molar-refractivity contribution in [1.29, 1.82) is 0 Å². The van der Waals surface area contributed by atoms with Gasteiger partial charge in [0.25, 0.3) is 0 Å². The molecule has 3 nitrogen and oxygen atoms in total. The van der Waals surface area contributed by atoms with Crippen LogP contribution in [0, 0.1) is 6.92 Å². The lowest BCUT2D eigenvalue weighted by Gasteiger charge is -2.08. The molecule has 1 aromatic heterocycles. The van der Waals surface area contributed by atoms with Crippen molar-refractivity contribution in [2.45, 2.75) is 19.4 Å². The highest BCUT2D eigenvalue weighted by Gasteiger charge is 2.16. The molecule has 12 heavy (non-hydrogen) atoms. The number of nitrogens with one attached hydrogen (secondary N) is 1. The van der Waals surface area contributed by atoms with Crippen LogP contribution < -0.4 is 10.1 Å². The first-order valence-corrected chi connectivity index (χ1v) is 5.02. The minimum absolute atomic E-state index is 0.325. The highest BCUT2D eigenvalue weighted by Crippen LogP contribution is 2.17. The van der Waals surface area contributed by atoms with Crippen molar-refractivity contribution in [3.63, 3.8) is 0 Å². The predicted molar refractivity (Wildman–Crippen MR) is 48.8 cm³/mol. The molecule has 1 fully saturated rings. The monoisotopic (exact) mass is 184 g/mol.